The van der Waals surface area contributed by atoms with Crippen molar-refractivity contribution < 1.29 is 18.7 Å². The molecule has 1 atom stereocenters. The Balaban J connectivity index is 1.56. The van der Waals surface area contributed by atoms with Gasteiger partial charge in [-0.25, -0.2) is 0 Å². The topological polar surface area (TPSA) is 72.2 Å². The fourth-order valence-electron chi connectivity index (χ4n) is 4.90. The Hall–Kier alpha value is -3.16. The van der Waals surface area contributed by atoms with Gasteiger partial charge in [0.1, 0.15) is 11.3 Å². The number of fused-ring (bicyclic) bond motifs is 2. The van der Waals surface area contributed by atoms with Gasteiger partial charge in [0.2, 0.25) is 5.76 Å². The van der Waals surface area contributed by atoms with Gasteiger partial charge in [-0.3, -0.25) is 14.5 Å². The number of nitrogens with zero attached hydrogens (tertiary/aromatic N) is 2. The maximum atomic E-state index is 13.8. The number of amides is 1. The number of rotatable bonds is 8. The Bertz CT molecular complexity index is 1260. The first-order valence-electron chi connectivity index (χ1n) is 12.5. The SMILES string of the molecule is CCCOc1ccc(C2c3c(oc4ccc(CC)cc4c3=O)C(=O)N2CCN2CCOCC2)cc1. The summed E-state index contributed by atoms with van der Waals surface area (Å²) in [6.45, 7) is 9.04. The molecule has 5 rings (SSSR count). The lowest BCUT2D eigenvalue weighted by Crippen LogP contribution is -2.42. The van der Waals surface area contributed by atoms with Crippen LogP contribution in [0.15, 0.2) is 51.7 Å². The van der Waals surface area contributed by atoms with Gasteiger partial charge in [-0.1, -0.05) is 32.0 Å². The highest BCUT2D eigenvalue weighted by molar-refractivity contribution is 5.99. The molecule has 0 spiro atoms. The molecule has 2 aliphatic heterocycles. The molecule has 1 amide bonds. The maximum absolute atomic E-state index is 13.8. The van der Waals surface area contributed by atoms with Crippen LogP contribution < -0.4 is 10.2 Å². The quantitative estimate of drug-likeness (QED) is 0.489. The van der Waals surface area contributed by atoms with Gasteiger partial charge in [-0.15, -0.1) is 0 Å². The minimum Gasteiger partial charge on any atom is -0.494 e. The van der Waals surface area contributed by atoms with Gasteiger partial charge in [0.05, 0.1) is 36.8 Å². The summed E-state index contributed by atoms with van der Waals surface area (Å²) >= 11 is 0. The van der Waals surface area contributed by atoms with Crippen LogP contribution in [-0.4, -0.2) is 61.7 Å². The summed E-state index contributed by atoms with van der Waals surface area (Å²) in [7, 11) is 0. The van der Waals surface area contributed by atoms with E-state index in [-0.39, 0.29) is 17.1 Å². The lowest BCUT2D eigenvalue weighted by atomic mass is 9.98. The summed E-state index contributed by atoms with van der Waals surface area (Å²) in [5, 5.41) is 0.527. The van der Waals surface area contributed by atoms with Crippen molar-refractivity contribution in [2.45, 2.75) is 32.7 Å². The van der Waals surface area contributed by atoms with Gasteiger partial charge >= 0.3 is 0 Å². The summed E-state index contributed by atoms with van der Waals surface area (Å²) in [5.74, 6) is 0.700. The molecule has 35 heavy (non-hydrogen) atoms. The Morgan fingerprint density at radius 2 is 1.77 bits per heavy atom. The standard InChI is InChI=1S/C28H32N2O5/c1-3-15-34-21-8-6-20(7-9-21)25-24-26(31)22-18-19(4-2)5-10-23(22)35-27(24)28(32)30(25)12-11-29-13-16-33-17-14-29/h5-10,18,25H,3-4,11-17H2,1-2H3. The van der Waals surface area contributed by atoms with Crippen LogP contribution in [0.3, 0.4) is 0 Å². The van der Waals surface area contributed by atoms with E-state index in [9.17, 15) is 9.59 Å². The maximum Gasteiger partial charge on any atom is 0.290 e. The van der Waals surface area contributed by atoms with Crippen LogP contribution in [0.25, 0.3) is 11.0 Å². The molecule has 0 radical (unpaired) electrons. The van der Waals surface area contributed by atoms with E-state index in [1.807, 2.05) is 36.4 Å². The lowest BCUT2D eigenvalue weighted by molar-refractivity contribution is 0.0314. The number of hydrogen-bond acceptors (Lipinski definition) is 6. The molecular weight excluding hydrogens is 444 g/mol. The van der Waals surface area contributed by atoms with E-state index in [1.165, 1.54) is 0 Å². The number of carbonyl (C=O) groups excluding carboxylic acids is 1. The van der Waals surface area contributed by atoms with E-state index in [1.54, 1.807) is 11.0 Å². The average Bonchev–Trinajstić information content (AvgIpc) is 3.18. The predicted octanol–water partition coefficient (Wildman–Crippen LogP) is 4.02. The molecule has 2 aromatic carbocycles. The number of aryl methyl sites for hydroxylation is 1. The molecule has 7 heteroatoms. The van der Waals surface area contributed by atoms with E-state index >= 15 is 0 Å². The highest BCUT2D eigenvalue weighted by Crippen LogP contribution is 2.38. The number of morpholine rings is 1. The molecule has 0 saturated carbocycles. The van der Waals surface area contributed by atoms with E-state index in [2.05, 4.69) is 18.7 Å². The molecule has 1 fully saturated rings. The minimum atomic E-state index is -0.496. The fraction of sp³-hybridized carbons (Fsp3) is 0.429. The van der Waals surface area contributed by atoms with Crippen LogP contribution in [0.4, 0.5) is 0 Å². The van der Waals surface area contributed by atoms with Crippen molar-refractivity contribution in [3.8, 4) is 5.75 Å². The first-order valence-corrected chi connectivity index (χ1v) is 12.5. The minimum absolute atomic E-state index is 0.130. The van der Waals surface area contributed by atoms with E-state index in [0.717, 1.165) is 42.8 Å². The number of carbonyl (C=O) groups is 1. The van der Waals surface area contributed by atoms with Crippen LogP contribution in [0.2, 0.25) is 0 Å². The van der Waals surface area contributed by atoms with Crippen LogP contribution >= 0.6 is 0 Å². The van der Waals surface area contributed by atoms with Gasteiger partial charge in [-0.05, 0) is 48.2 Å². The van der Waals surface area contributed by atoms with Crippen molar-refractivity contribution in [3.63, 3.8) is 0 Å². The predicted molar refractivity (Wildman–Crippen MR) is 134 cm³/mol. The number of benzene rings is 2. The first-order chi connectivity index (χ1) is 17.1. The number of ether oxygens (including phenoxy) is 2. The molecule has 0 bridgehead atoms. The van der Waals surface area contributed by atoms with Crippen LogP contribution in [-0.2, 0) is 11.2 Å². The monoisotopic (exact) mass is 476 g/mol. The van der Waals surface area contributed by atoms with Crippen molar-refractivity contribution in [2.75, 3.05) is 46.0 Å². The van der Waals surface area contributed by atoms with Crippen LogP contribution in [0, 0.1) is 0 Å². The molecule has 2 aliphatic rings. The Morgan fingerprint density at radius 3 is 2.49 bits per heavy atom. The summed E-state index contributed by atoms with van der Waals surface area (Å²) in [5.41, 5.74) is 2.69. The lowest BCUT2D eigenvalue weighted by Gasteiger charge is -2.31. The molecule has 1 saturated heterocycles. The number of hydrogen-bond donors (Lipinski definition) is 0. The molecule has 3 aromatic rings. The van der Waals surface area contributed by atoms with Crippen molar-refractivity contribution in [2.24, 2.45) is 0 Å². The summed E-state index contributed by atoms with van der Waals surface area (Å²) in [6.07, 6.45) is 1.75. The summed E-state index contributed by atoms with van der Waals surface area (Å²) < 4.78 is 17.3. The molecule has 0 N–H and O–H groups in total. The third-order valence-electron chi connectivity index (χ3n) is 6.87. The Kier molecular flexibility index (Phi) is 6.88. The first kappa shape index (κ1) is 23.6. The summed E-state index contributed by atoms with van der Waals surface area (Å²) in [6, 6.07) is 12.9. The van der Waals surface area contributed by atoms with E-state index in [0.29, 0.717) is 49.4 Å². The zero-order chi connectivity index (χ0) is 24.4. The van der Waals surface area contributed by atoms with Gasteiger partial charge in [0, 0.05) is 26.2 Å². The normalized spacial score (nSPS) is 18.3. The molecule has 1 unspecified atom stereocenters. The highest BCUT2D eigenvalue weighted by Gasteiger charge is 2.42. The van der Waals surface area contributed by atoms with Crippen molar-refractivity contribution >= 4 is 16.9 Å². The van der Waals surface area contributed by atoms with E-state index in [4.69, 9.17) is 13.9 Å². The third-order valence-corrected chi connectivity index (χ3v) is 6.87. The molecule has 184 valence electrons. The van der Waals surface area contributed by atoms with Gasteiger partial charge < -0.3 is 18.8 Å². The Morgan fingerprint density at radius 1 is 1.00 bits per heavy atom. The van der Waals surface area contributed by atoms with Gasteiger partial charge in [-0.2, -0.15) is 0 Å². The van der Waals surface area contributed by atoms with Crippen molar-refractivity contribution in [3.05, 3.63) is 75.1 Å². The zero-order valence-electron chi connectivity index (χ0n) is 20.4. The molecule has 3 heterocycles. The smallest absolute Gasteiger partial charge is 0.290 e. The molecule has 7 nitrogen and oxygen atoms in total. The second-order valence-electron chi connectivity index (χ2n) is 9.13. The second kappa shape index (κ2) is 10.2. The highest BCUT2D eigenvalue weighted by atomic mass is 16.5. The third kappa shape index (κ3) is 4.58. The molecule has 1 aromatic heterocycles. The summed E-state index contributed by atoms with van der Waals surface area (Å²) in [4.78, 5) is 31.5. The van der Waals surface area contributed by atoms with Crippen LogP contribution in [0.1, 0.15) is 53.6 Å². The van der Waals surface area contributed by atoms with Crippen molar-refractivity contribution in [1.29, 1.82) is 0 Å². The van der Waals surface area contributed by atoms with Gasteiger partial charge in [0.25, 0.3) is 5.91 Å². The average molecular weight is 477 g/mol. The second-order valence-corrected chi connectivity index (χ2v) is 9.13. The van der Waals surface area contributed by atoms with Crippen LogP contribution in [0.5, 0.6) is 5.75 Å². The van der Waals surface area contributed by atoms with Gasteiger partial charge in [0.15, 0.2) is 5.43 Å². The largest absolute Gasteiger partial charge is 0.494 e. The fourth-order valence-corrected chi connectivity index (χ4v) is 4.90. The molecular formula is C28H32N2O5. The Labute approximate surface area is 205 Å². The van der Waals surface area contributed by atoms with E-state index < -0.39 is 6.04 Å². The van der Waals surface area contributed by atoms with Crippen molar-refractivity contribution in [1.82, 2.24) is 9.80 Å². The molecule has 0 aliphatic carbocycles. The zero-order valence-corrected chi connectivity index (χ0v) is 20.4.